The fraction of sp³-hybridized carbons (Fsp3) is 0.500. The van der Waals surface area contributed by atoms with Gasteiger partial charge in [0.2, 0.25) is 5.91 Å². The van der Waals surface area contributed by atoms with Crippen LogP contribution in [0.2, 0.25) is 0 Å². The number of alkyl halides is 1. The number of aryl methyl sites for hydroxylation is 1. The average Bonchev–Trinajstić information content (AvgIpc) is 3.23. The predicted molar refractivity (Wildman–Crippen MR) is 117 cm³/mol. The lowest BCUT2D eigenvalue weighted by molar-refractivity contribution is -0.138. The summed E-state index contributed by atoms with van der Waals surface area (Å²) in [7, 11) is 0. The summed E-state index contributed by atoms with van der Waals surface area (Å²) in [5.41, 5.74) is 4.56. The molecule has 0 unspecified atom stereocenters. The Bertz CT molecular complexity index is 907. The Labute approximate surface area is 178 Å². The molecule has 2 atom stereocenters. The third-order valence-electron chi connectivity index (χ3n) is 7.76. The number of nitrogens with one attached hydrogen (secondary N) is 1. The lowest BCUT2D eigenvalue weighted by atomic mass is 9.64. The van der Waals surface area contributed by atoms with Crippen LogP contribution < -0.4 is 5.32 Å². The van der Waals surface area contributed by atoms with Gasteiger partial charge in [-0.15, -0.1) is 0 Å². The Morgan fingerprint density at radius 2 is 1.93 bits per heavy atom. The van der Waals surface area contributed by atoms with Crippen LogP contribution in [-0.4, -0.2) is 37.0 Å². The number of nitrogens with zero attached hydrogens (tertiary/aromatic N) is 1. The van der Waals surface area contributed by atoms with Crippen LogP contribution in [0.3, 0.4) is 0 Å². The third kappa shape index (κ3) is 3.35. The second kappa shape index (κ2) is 8.14. The maximum atomic E-state index is 13.7. The van der Waals surface area contributed by atoms with E-state index in [9.17, 15) is 9.18 Å². The van der Waals surface area contributed by atoms with Gasteiger partial charge in [-0.05, 0) is 60.3 Å². The minimum absolute atomic E-state index is 0.0129. The molecule has 0 radical (unpaired) electrons. The van der Waals surface area contributed by atoms with Crippen LogP contribution in [0.5, 0.6) is 0 Å². The molecule has 2 aromatic rings. The van der Waals surface area contributed by atoms with Crippen molar-refractivity contribution >= 4 is 5.91 Å². The summed E-state index contributed by atoms with van der Waals surface area (Å²) in [5, 5.41) is 3.54. The SMILES string of the molecule is O=C([C@@H]1CNC[C@]12CCCc1cc(CF)ccc12)N1CCC(c2ccccc2)CC1. The largest absolute Gasteiger partial charge is 0.342 e. The third-order valence-corrected chi connectivity index (χ3v) is 7.76. The van der Waals surface area contributed by atoms with Crippen LogP contribution >= 0.6 is 0 Å². The molecule has 2 saturated heterocycles. The number of benzene rings is 2. The molecule has 0 bridgehead atoms. The van der Waals surface area contributed by atoms with Gasteiger partial charge < -0.3 is 10.2 Å². The molecule has 1 aliphatic carbocycles. The van der Waals surface area contributed by atoms with E-state index in [1.807, 2.05) is 12.1 Å². The topological polar surface area (TPSA) is 32.3 Å². The van der Waals surface area contributed by atoms with Crippen LogP contribution in [-0.2, 0) is 23.3 Å². The minimum atomic E-state index is -0.419. The highest BCUT2D eigenvalue weighted by atomic mass is 19.1. The zero-order valence-corrected chi connectivity index (χ0v) is 17.6. The number of hydrogen-bond donors (Lipinski definition) is 1. The molecule has 1 amide bonds. The van der Waals surface area contributed by atoms with E-state index in [0.717, 1.165) is 63.8 Å². The molecule has 4 heteroatoms. The molecule has 5 rings (SSSR count). The van der Waals surface area contributed by atoms with Crippen LogP contribution in [0.1, 0.15) is 53.9 Å². The van der Waals surface area contributed by atoms with Gasteiger partial charge in [0.15, 0.2) is 0 Å². The number of carbonyl (C=O) groups excluding carboxylic acids is 1. The summed E-state index contributed by atoms with van der Waals surface area (Å²) < 4.78 is 13.2. The smallest absolute Gasteiger partial charge is 0.227 e. The zero-order valence-electron chi connectivity index (χ0n) is 17.6. The monoisotopic (exact) mass is 406 g/mol. The van der Waals surface area contributed by atoms with Crippen molar-refractivity contribution in [3.8, 4) is 0 Å². The number of likely N-dealkylation sites (tertiary alicyclic amines) is 1. The summed E-state index contributed by atoms with van der Waals surface area (Å²) in [6.07, 6.45) is 5.19. The molecule has 1 spiro atoms. The van der Waals surface area contributed by atoms with Crippen LogP contribution in [0.15, 0.2) is 48.5 Å². The van der Waals surface area contributed by atoms with Crippen molar-refractivity contribution in [1.29, 1.82) is 0 Å². The lowest BCUT2D eigenvalue weighted by Gasteiger charge is -2.42. The normalized spacial score (nSPS) is 26.7. The average molecular weight is 407 g/mol. The van der Waals surface area contributed by atoms with E-state index in [-0.39, 0.29) is 11.3 Å². The highest BCUT2D eigenvalue weighted by molar-refractivity contribution is 5.82. The summed E-state index contributed by atoms with van der Waals surface area (Å²) in [6.45, 7) is 2.88. The molecule has 0 saturated carbocycles. The van der Waals surface area contributed by atoms with Crippen LogP contribution in [0.4, 0.5) is 4.39 Å². The number of rotatable bonds is 3. The van der Waals surface area contributed by atoms with E-state index < -0.39 is 6.67 Å². The van der Waals surface area contributed by atoms with E-state index in [1.54, 1.807) is 0 Å². The standard InChI is InChI=1S/C26H31FN2O/c27-16-19-8-9-23-22(15-19)7-4-12-26(23)18-28-17-24(26)25(30)29-13-10-21(11-14-29)20-5-2-1-3-6-20/h1-3,5-6,8-9,15,21,24,28H,4,7,10-14,16-18H2/t24-,26-/m0/s1. The van der Waals surface area contributed by atoms with Gasteiger partial charge in [-0.1, -0.05) is 48.5 Å². The highest BCUT2D eigenvalue weighted by Gasteiger charge is 2.51. The van der Waals surface area contributed by atoms with Crippen LogP contribution in [0.25, 0.3) is 0 Å². The highest BCUT2D eigenvalue weighted by Crippen LogP contribution is 2.46. The van der Waals surface area contributed by atoms with Crippen molar-refractivity contribution in [3.63, 3.8) is 0 Å². The van der Waals surface area contributed by atoms with Crippen molar-refractivity contribution in [2.75, 3.05) is 26.2 Å². The van der Waals surface area contributed by atoms with Gasteiger partial charge in [-0.3, -0.25) is 4.79 Å². The molecular weight excluding hydrogens is 375 g/mol. The predicted octanol–water partition coefficient (Wildman–Crippen LogP) is 4.36. The van der Waals surface area contributed by atoms with Gasteiger partial charge in [0.1, 0.15) is 6.67 Å². The van der Waals surface area contributed by atoms with Gasteiger partial charge in [0, 0.05) is 31.6 Å². The summed E-state index contributed by atoms with van der Waals surface area (Å²) in [4.78, 5) is 15.8. The fourth-order valence-electron chi connectivity index (χ4n) is 6.16. The van der Waals surface area contributed by atoms with E-state index in [1.165, 1.54) is 16.7 Å². The fourth-order valence-corrected chi connectivity index (χ4v) is 6.16. The molecular formula is C26H31FN2O. The zero-order chi connectivity index (χ0) is 20.6. The van der Waals surface area contributed by atoms with Crippen molar-refractivity contribution in [3.05, 3.63) is 70.8 Å². The van der Waals surface area contributed by atoms with Crippen LogP contribution in [0, 0.1) is 5.92 Å². The Hall–Kier alpha value is -2.20. The van der Waals surface area contributed by atoms with Crippen molar-refractivity contribution < 1.29 is 9.18 Å². The molecule has 2 aromatic carbocycles. The summed E-state index contributed by atoms with van der Waals surface area (Å²) >= 11 is 0. The molecule has 1 N–H and O–H groups in total. The Morgan fingerprint density at radius 1 is 1.13 bits per heavy atom. The maximum Gasteiger partial charge on any atom is 0.227 e. The first-order valence-corrected chi connectivity index (χ1v) is 11.4. The molecule has 3 aliphatic rings. The molecule has 2 aliphatic heterocycles. The number of fused-ring (bicyclic) bond motifs is 2. The molecule has 30 heavy (non-hydrogen) atoms. The Balaban J connectivity index is 1.35. The van der Waals surface area contributed by atoms with Gasteiger partial charge in [0.25, 0.3) is 0 Å². The minimum Gasteiger partial charge on any atom is -0.342 e. The number of piperidine rings is 1. The van der Waals surface area contributed by atoms with Gasteiger partial charge >= 0.3 is 0 Å². The quantitative estimate of drug-likeness (QED) is 0.822. The maximum absolute atomic E-state index is 13.7. The Morgan fingerprint density at radius 3 is 2.70 bits per heavy atom. The molecule has 3 nitrogen and oxygen atoms in total. The molecule has 2 heterocycles. The summed E-state index contributed by atoms with van der Waals surface area (Å²) in [5.74, 6) is 0.857. The van der Waals surface area contributed by atoms with Gasteiger partial charge in [0.05, 0.1) is 5.92 Å². The first-order valence-electron chi connectivity index (χ1n) is 11.4. The van der Waals surface area contributed by atoms with Crippen molar-refractivity contribution in [1.82, 2.24) is 10.2 Å². The second-order valence-corrected chi connectivity index (χ2v) is 9.33. The molecule has 2 fully saturated rings. The molecule has 0 aromatic heterocycles. The number of halogens is 1. The van der Waals surface area contributed by atoms with Crippen molar-refractivity contribution in [2.45, 2.75) is 50.1 Å². The second-order valence-electron chi connectivity index (χ2n) is 9.33. The van der Waals surface area contributed by atoms with E-state index in [0.29, 0.717) is 11.8 Å². The first-order chi connectivity index (χ1) is 14.7. The van der Waals surface area contributed by atoms with E-state index in [2.05, 4.69) is 46.6 Å². The van der Waals surface area contributed by atoms with E-state index in [4.69, 9.17) is 0 Å². The van der Waals surface area contributed by atoms with Gasteiger partial charge in [-0.2, -0.15) is 0 Å². The van der Waals surface area contributed by atoms with E-state index >= 15 is 0 Å². The number of carbonyl (C=O) groups is 1. The Kier molecular flexibility index (Phi) is 5.36. The first kappa shape index (κ1) is 19.7. The summed E-state index contributed by atoms with van der Waals surface area (Å²) in [6, 6.07) is 16.8. The van der Waals surface area contributed by atoms with Gasteiger partial charge in [-0.25, -0.2) is 4.39 Å². The van der Waals surface area contributed by atoms with Crippen molar-refractivity contribution in [2.24, 2.45) is 5.92 Å². The number of hydrogen-bond acceptors (Lipinski definition) is 2. The lowest BCUT2D eigenvalue weighted by Crippen LogP contribution is -2.49. The molecule has 158 valence electrons. The number of amides is 1.